The van der Waals surface area contributed by atoms with Crippen LogP contribution in [-0.4, -0.2) is 11.1 Å². The zero-order valence-corrected chi connectivity index (χ0v) is 10.6. The van der Waals surface area contributed by atoms with Crippen molar-refractivity contribution < 1.29 is 9.90 Å². The van der Waals surface area contributed by atoms with E-state index in [1.165, 1.54) is 5.56 Å². The molecule has 0 bridgehead atoms. The molecule has 0 spiro atoms. The molecule has 18 heavy (non-hydrogen) atoms. The first kappa shape index (κ1) is 12.4. The Morgan fingerprint density at radius 2 is 1.78 bits per heavy atom. The maximum absolute atomic E-state index is 10.8. The largest absolute Gasteiger partial charge is 0.481 e. The number of benzene rings is 2. The molecule has 0 aliphatic heterocycles. The maximum atomic E-state index is 10.8. The van der Waals surface area contributed by atoms with Crippen LogP contribution in [0.2, 0.25) is 0 Å². The summed E-state index contributed by atoms with van der Waals surface area (Å²) in [6.07, 6.45) is 0.0750. The van der Waals surface area contributed by atoms with Gasteiger partial charge in [-0.1, -0.05) is 42.5 Å². The van der Waals surface area contributed by atoms with Crippen molar-refractivity contribution in [2.75, 3.05) is 0 Å². The molecule has 0 atom stereocenters. The molecule has 0 radical (unpaired) electrons. The summed E-state index contributed by atoms with van der Waals surface area (Å²) in [5, 5.41) is 8.91. The van der Waals surface area contributed by atoms with Crippen molar-refractivity contribution >= 4 is 5.97 Å². The second-order valence-corrected chi connectivity index (χ2v) is 4.53. The molecule has 2 aromatic carbocycles. The Balaban J connectivity index is 2.47. The summed E-state index contributed by atoms with van der Waals surface area (Å²) in [4.78, 5) is 10.8. The van der Waals surface area contributed by atoms with E-state index in [9.17, 15) is 4.79 Å². The average Bonchev–Trinajstić information content (AvgIpc) is 2.32. The molecule has 1 N–H and O–H groups in total. The average molecular weight is 240 g/mol. The van der Waals surface area contributed by atoms with Crippen LogP contribution >= 0.6 is 0 Å². The van der Waals surface area contributed by atoms with Crippen molar-refractivity contribution in [1.82, 2.24) is 0 Å². The first-order valence-electron chi connectivity index (χ1n) is 5.95. The van der Waals surface area contributed by atoms with Gasteiger partial charge in [-0.15, -0.1) is 0 Å². The van der Waals surface area contributed by atoms with E-state index in [1.54, 1.807) is 0 Å². The molecule has 2 rings (SSSR count). The van der Waals surface area contributed by atoms with Gasteiger partial charge in [0.2, 0.25) is 0 Å². The highest BCUT2D eigenvalue weighted by Crippen LogP contribution is 2.25. The minimum absolute atomic E-state index is 0.0750. The Bertz CT molecular complexity index is 585. The molecule has 0 fully saturated rings. The van der Waals surface area contributed by atoms with Crippen molar-refractivity contribution in [2.24, 2.45) is 0 Å². The lowest BCUT2D eigenvalue weighted by molar-refractivity contribution is -0.136. The molecule has 0 aromatic heterocycles. The molecule has 0 saturated heterocycles. The predicted molar refractivity (Wildman–Crippen MR) is 72.7 cm³/mol. The second-order valence-electron chi connectivity index (χ2n) is 4.53. The molecule has 0 unspecified atom stereocenters. The van der Waals surface area contributed by atoms with Gasteiger partial charge in [0.15, 0.2) is 0 Å². The Kier molecular flexibility index (Phi) is 3.47. The van der Waals surface area contributed by atoms with E-state index in [2.05, 4.69) is 19.1 Å². The first-order chi connectivity index (χ1) is 8.58. The van der Waals surface area contributed by atoms with Crippen LogP contribution in [0, 0.1) is 13.8 Å². The quantitative estimate of drug-likeness (QED) is 0.890. The molecule has 0 heterocycles. The number of aryl methyl sites for hydroxylation is 2. The van der Waals surface area contributed by atoms with Gasteiger partial charge < -0.3 is 5.11 Å². The normalized spacial score (nSPS) is 10.3. The Hall–Kier alpha value is -2.09. The minimum atomic E-state index is -0.792. The summed E-state index contributed by atoms with van der Waals surface area (Å²) in [7, 11) is 0. The summed E-state index contributed by atoms with van der Waals surface area (Å²) in [5.74, 6) is -0.792. The monoisotopic (exact) mass is 240 g/mol. The minimum Gasteiger partial charge on any atom is -0.481 e. The van der Waals surface area contributed by atoms with Gasteiger partial charge in [-0.25, -0.2) is 0 Å². The zero-order chi connectivity index (χ0) is 13.1. The SMILES string of the molecule is Cc1ccc(-c2ccccc2C)cc1CC(=O)O. The van der Waals surface area contributed by atoms with Crippen LogP contribution in [0.3, 0.4) is 0 Å². The summed E-state index contributed by atoms with van der Waals surface area (Å²) >= 11 is 0. The van der Waals surface area contributed by atoms with E-state index in [1.807, 2.05) is 37.3 Å². The smallest absolute Gasteiger partial charge is 0.307 e. The van der Waals surface area contributed by atoms with E-state index in [0.29, 0.717) is 0 Å². The Morgan fingerprint density at radius 1 is 1.06 bits per heavy atom. The molecule has 0 saturated carbocycles. The standard InChI is InChI=1S/C16H16O2/c1-11-7-8-13(9-14(11)10-16(17)18)15-6-4-3-5-12(15)2/h3-9H,10H2,1-2H3,(H,17,18). The van der Waals surface area contributed by atoms with Crippen molar-refractivity contribution in [3.05, 3.63) is 59.2 Å². The number of carboxylic acid groups (broad SMARTS) is 1. The molecular formula is C16H16O2. The molecule has 0 aliphatic rings. The fourth-order valence-electron chi connectivity index (χ4n) is 2.09. The summed E-state index contributed by atoms with van der Waals surface area (Å²) in [6.45, 7) is 4.01. The predicted octanol–water partition coefficient (Wildman–Crippen LogP) is 3.60. The lowest BCUT2D eigenvalue weighted by Gasteiger charge is -2.09. The third-order valence-electron chi connectivity index (χ3n) is 3.15. The number of rotatable bonds is 3. The van der Waals surface area contributed by atoms with Gasteiger partial charge in [0, 0.05) is 0 Å². The molecule has 92 valence electrons. The van der Waals surface area contributed by atoms with Crippen LogP contribution in [0.4, 0.5) is 0 Å². The highest BCUT2D eigenvalue weighted by Gasteiger charge is 2.07. The number of hydrogen-bond acceptors (Lipinski definition) is 1. The molecule has 2 aromatic rings. The lowest BCUT2D eigenvalue weighted by atomic mass is 9.95. The van der Waals surface area contributed by atoms with E-state index in [-0.39, 0.29) is 6.42 Å². The van der Waals surface area contributed by atoms with Crippen molar-refractivity contribution in [3.63, 3.8) is 0 Å². The fraction of sp³-hybridized carbons (Fsp3) is 0.188. The number of carbonyl (C=O) groups is 1. The van der Waals surface area contributed by atoms with Gasteiger partial charge in [0.25, 0.3) is 0 Å². The van der Waals surface area contributed by atoms with E-state index >= 15 is 0 Å². The molecule has 2 nitrogen and oxygen atoms in total. The topological polar surface area (TPSA) is 37.3 Å². The zero-order valence-electron chi connectivity index (χ0n) is 10.6. The van der Waals surface area contributed by atoms with Crippen molar-refractivity contribution in [3.8, 4) is 11.1 Å². The molecular weight excluding hydrogens is 224 g/mol. The van der Waals surface area contributed by atoms with E-state index < -0.39 is 5.97 Å². The van der Waals surface area contributed by atoms with E-state index in [0.717, 1.165) is 22.3 Å². The van der Waals surface area contributed by atoms with Gasteiger partial charge >= 0.3 is 5.97 Å². The third kappa shape index (κ3) is 2.59. The van der Waals surface area contributed by atoms with Crippen LogP contribution in [0.25, 0.3) is 11.1 Å². The van der Waals surface area contributed by atoms with Gasteiger partial charge in [-0.05, 0) is 41.7 Å². The molecule has 0 amide bonds. The number of carboxylic acids is 1. The van der Waals surface area contributed by atoms with Gasteiger partial charge in [-0.3, -0.25) is 4.79 Å². The maximum Gasteiger partial charge on any atom is 0.307 e. The first-order valence-corrected chi connectivity index (χ1v) is 5.95. The summed E-state index contributed by atoms with van der Waals surface area (Å²) in [5.41, 5.74) is 5.33. The lowest BCUT2D eigenvalue weighted by Crippen LogP contribution is -2.02. The van der Waals surface area contributed by atoms with Crippen LogP contribution in [-0.2, 0) is 11.2 Å². The fourth-order valence-corrected chi connectivity index (χ4v) is 2.09. The van der Waals surface area contributed by atoms with E-state index in [4.69, 9.17) is 5.11 Å². The second kappa shape index (κ2) is 5.05. The van der Waals surface area contributed by atoms with Gasteiger partial charge in [0.05, 0.1) is 6.42 Å². The van der Waals surface area contributed by atoms with Crippen molar-refractivity contribution in [2.45, 2.75) is 20.3 Å². The van der Waals surface area contributed by atoms with Gasteiger partial charge in [0.1, 0.15) is 0 Å². The third-order valence-corrected chi connectivity index (χ3v) is 3.15. The molecule has 2 heteroatoms. The number of aliphatic carboxylic acids is 1. The summed E-state index contributed by atoms with van der Waals surface area (Å²) < 4.78 is 0. The Morgan fingerprint density at radius 3 is 2.44 bits per heavy atom. The van der Waals surface area contributed by atoms with Crippen molar-refractivity contribution in [1.29, 1.82) is 0 Å². The Labute approximate surface area is 107 Å². The van der Waals surface area contributed by atoms with Crippen LogP contribution < -0.4 is 0 Å². The number of hydrogen-bond donors (Lipinski definition) is 1. The van der Waals surface area contributed by atoms with Crippen LogP contribution in [0.15, 0.2) is 42.5 Å². The summed E-state index contributed by atoms with van der Waals surface area (Å²) in [6, 6.07) is 14.1. The molecule has 0 aliphatic carbocycles. The van der Waals surface area contributed by atoms with Gasteiger partial charge in [-0.2, -0.15) is 0 Å². The van der Waals surface area contributed by atoms with Crippen LogP contribution in [0.5, 0.6) is 0 Å². The van der Waals surface area contributed by atoms with Crippen LogP contribution in [0.1, 0.15) is 16.7 Å². The highest BCUT2D eigenvalue weighted by molar-refractivity contribution is 5.73. The highest BCUT2D eigenvalue weighted by atomic mass is 16.4.